The first kappa shape index (κ1) is 26.2. The van der Waals surface area contributed by atoms with Gasteiger partial charge in [0.2, 0.25) is 26.0 Å². The number of rotatable bonds is 12. The van der Waals surface area contributed by atoms with Crippen molar-refractivity contribution in [2.24, 2.45) is 5.73 Å². The van der Waals surface area contributed by atoms with Gasteiger partial charge in [0.1, 0.15) is 6.04 Å². The van der Waals surface area contributed by atoms with Crippen molar-refractivity contribution in [1.82, 2.24) is 14.8 Å². The Hall–Kier alpha value is -3.04. The van der Waals surface area contributed by atoms with Crippen LogP contribution in [0.4, 0.5) is 10.5 Å². The van der Waals surface area contributed by atoms with Crippen molar-refractivity contribution < 1.29 is 31.5 Å². The molecule has 12 nitrogen and oxygen atoms in total. The highest BCUT2D eigenvalue weighted by atomic mass is 32.2. The zero-order valence-corrected chi connectivity index (χ0v) is 19.0. The van der Waals surface area contributed by atoms with E-state index < -0.39 is 44.6 Å². The van der Waals surface area contributed by atoms with Gasteiger partial charge in [-0.05, 0) is 29.8 Å². The predicted molar refractivity (Wildman–Crippen MR) is 121 cm³/mol. The number of hydrogen-bond donors (Lipinski definition) is 6. The number of carbonyl (C=O) groups is 2. The molecule has 14 heteroatoms. The standard InChI is InChI=1S/C19H25N5O7S2/c20-19(27)23-15-6-8-16(9-7-15)33(30,31)22-11-10-21-18(26)17(12-25)24-32(28,29)13-14-4-2-1-3-5-14/h1-9,17,22,24-25H,10-13H2,(H,21,26)(H3,20,23,27). The summed E-state index contributed by atoms with van der Waals surface area (Å²) in [6, 6.07) is 11.3. The van der Waals surface area contributed by atoms with E-state index in [1.807, 2.05) is 0 Å². The molecule has 0 aliphatic heterocycles. The van der Waals surface area contributed by atoms with Crippen LogP contribution in [0.25, 0.3) is 0 Å². The summed E-state index contributed by atoms with van der Waals surface area (Å²) in [5, 5.41) is 14.1. The molecule has 33 heavy (non-hydrogen) atoms. The summed E-state index contributed by atoms with van der Waals surface area (Å²) >= 11 is 0. The molecule has 2 aromatic rings. The second-order valence-electron chi connectivity index (χ2n) is 6.80. The van der Waals surface area contributed by atoms with Gasteiger partial charge in [0.25, 0.3) is 0 Å². The number of primary amides is 1. The van der Waals surface area contributed by atoms with Gasteiger partial charge in [-0.15, -0.1) is 0 Å². The van der Waals surface area contributed by atoms with Crippen molar-refractivity contribution in [2.45, 2.75) is 16.7 Å². The summed E-state index contributed by atoms with van der Waals surface area (Å²) in [5.74, 6) is -1.18. The van der Waals surface area contributed by atoms with E-state index in [2.05, 4.69) is 20.1 Å². The van der Waals surface area contributed by atoms with E-state index in [1.54, 1.807) is 30.3 Å². The number of carbonyl (C=O) groups excluding carboxylic acids is 2. The third-order valence-corrected chi connectivity index (χ3v) is 7.00. The monoisotopic (exact) mass is 499 g/mol. The van der Waals surface area contributed by atoms with Gasteiger partial charge in [0, 0.05) is 18.8 Å². The number of sulfonamides is 2. The summed E-state index contributed by atoms with van der Waals surface area (Å²) in [6.07, 6.45) is 0. The fourth-order valence-electron chi connectivity index (χ4n) is 2.66. The summed E-state index contributed by atoms with van der Waals surface area (Å²) in [7, 11) is -7.81. The minimum absolute atomic E-state index is 0.0780. The number of urea groups is 1. The van der Waals surface area contributed by atoms with Gasteiger partial charge in [0.05, 0.1) is 17.3 Å². The van der Waals surface area contributed by atoms with Crippen LogP contribution in [0.15, 0.2) is 59.5 Å². The zero-order valence-electron chi connectivity index (χ0n) is 17.4. The number of aliphatic hydroxyl groups is 1. The van der Waals surface area contributed by atoms with Crippen LogP contribution in [0.5, 0.6) is 0 Å². The highest BCUT2D eigenvalue weighted by Crippen LogP contribution is 2.13. The molecule has 2 rings (SSSR count). The number of amides is 3. The van der Waals surface area contributed by atoms with Crippen molar-refractivity contribution in [3.8, 4) is 0 Å². The summed E-state index contributed by atoms with van der Waals surface area (Å²) in [6.45, 7) is -1.13. The molecule has 0 bridgehead atoms. The molecule has 3 amide bonds. The molecule has 180 valence electrons. The number of aliphatic hydroxyl groups excluding tert-OH is 1. The summed E-state index contributed by atoms with van der Waals surface area (Å²) in [5.41, 5.74) is 5.81. The van der Waals surface area contributed by atoms with Crippen molar-refractivity contribution >= 4 is 37.7 Å². The zero-order chi connectivity index (χ0) is 24.5. The molecule has 0 fully saturated rings. The predicted octanol–water partition coefficient (Wildman–Crippen LogP) is -0.948. The topological polar surface area (TPSA) is 197 Å². The van der Waals surface area contributed by atoms with E-state index >= 15 is 0 Å². The molecular formula is C19H25N5O7S2. The van der Waals surface area contributed by atoms with E-state index in [0.29, 0.717) is 11.3 Å². The van der Waals surface area contributed by atoms with Crippen LogP contribution in [0.1, 0.15) is 5.56 Å². The lowest BCUT2D eigenvalue weighted by Crippen LogP contribution is -2.50. The molecule has 0 aliphatic carbocycles. The number of anilines is 1. The average Bonchev–Trinajstić information content (AvgIpc) is 2.75. The van der Waals surface area contributed by atoms with E-state index in [4.69, 9.17) is 5.73 Å². The summed E-state index contributed by atoms with van der Waals surface area (Å²) < 4.78 is 53.5. The maximum atomic E-state index is 12.3. The Morgan fingerprint density at radius 1 is 0.939 bits per heavy atom. The number of nitrogens with one attached hydrogen (secondary N) is 4. The van der Waals surface area contributed by atoms with E-state index in [1.165, 1.54) is 24.3 Å². The lowest BCUT2D eigenvalue weighted by molar-refractivity contribution is -0.123. The lowest BCUT2D eigenvalue weighted by atomic mass is 10.2. The maximum Gasteiger partial charge on any atom is 0.316 e. The molecule has 7 N–H and O–H groups in total. The molecule has 0 spiro atoms. The van der Waals surface area contributed by atoms with E-state index in [0.717, 1.165) is 0 Å². The normalized spacial score (nSPS) is 12.6. The molecule has 0 saturated heterocycles. The first-order valence-electron chi connectivity index (χ1n) is 9.61. The molecule has 1 unspecified atom stereocenters. The first-order chi connectivity index (χ1) is 15.5. The minimum atomic E-state index is -3.91. The highest BCUT2D eigenvalue weighted by Gasteiger charge is 2.24. The number of benzene rings is 2. The van der Waals surface area contributed by atoms with Crippen LogP contribution < -0.4 is 25.8 Å². The van der Waals surface area contributed by atoms with Gasteiger partial charge in [0.15, 0.2) is 0 Å². The second-order valence-corrected chi connectivity index (χ2v) is 10.3. The van der Waals surface area contributed by atoms with Crippen LogP contribution in [-0.2, 0) is 30.6 Å². The van der Waals surface area contributed by atoms with Gasteiger partial charge >= 0.3 is 6.03 Å². The highest BCUT2D eigenvalue weighted by molar-refractivity contribution is 7.89. The third-order valence-electron chi connectivity index (χ3n) is 4.17. The Bertz CT molecular complexity index is 1150. The second kappa shape index (κ2) is 11.7. The maximum absolute atomic E-state index is 12.3. The summed E-state index contributed by atoms with van der Waals surface area (Å²) in [4.78, 5) is 22.9. The number of nitrogens with two attached hydrogens (primary N) is 1. The average molecular weight is 500 g/mol. The Labute approximate surface area is 191 Å². The van der Waals surface area contributed by atoms with Gasteiger partial charge in [-0.1, -0.05) is 30.3 Å². The molecule has 1 atom stereocenters. The Morgan fingerprint density at radius 2 is 1.58 bits per heavy atom. The molecule has 0 aliphatic rings. The van der Waals surface area contributed by atoms with Crippen LogP contribution >= 0.6 is 0 Å². The van der Waals surface area contributed by atoms with Crippen LogP contribution in [0, 0.1) is 0 Å². The number of hydrogen-bond acceptors (Lipinski definition) is 7. The smallest absolute Gasteiger partial charge is 0.316 e. The van der Waals surface area contributed by atoms with Gasteiger partial charge < -0.3 is 21.5 Å². The Kier molecular flexibility index (Phi) is 9.31. The van der Waals surface area contributed by atoms with Gasteiger partial charge in [-0.25, -0.2) is 31.1 Å². The van der Waals surface area contributed by atoms with E-state index in [9.17, 15) is 31.5 Å². The first-order valence-corrected chi connectivity index (χ1v) is 12.7. The molecule has 0 heterocycles. The molecule has 0 saturated carbocycles. The lowest BCUT2D eigenvalue weighted by Gasteiger charge is -2.16. The fourth-order valence-corrected chi connectivity index (χ4v) is 5.02. The third kappa shape index (κ3) is 8.78. The van der Waals surface area contributed by atoms with Crippen molar-refractivity contribution in [2.75, 3.05) is 25.0 Å². The van der Waals surface area contributed by atoms with E-state index in [-0.39, 0.29) is 23.7 Å². The van der Waals surface area contributed by atoms with Crippen LogP contribution in [0.3, 0.4) is 0 Å². The van der Waals surface area contributed by atoms with Crippen LogP contribution in [0.2, 0.25) is 0 Å². The van der Waals surface area contributed by atoms with Crippen molar-refractivity contribution in [3.05, 3.63) is 60.2 Å². The van der Waals surface area contributed by atoms with Crippen molar-refractivity contribution in [3.63, 3.8) is 0 Å². The van der Waals surface area contributed by atoms with Gasteiger partial charge in [-0.2, -0.15) is 0 Å². The van der Waals surface area contributed by atoms with Gasteiger partial charge in [-0.3, -0.25) is 4.79 Å². The Balaban J connectivity index is 1.84. The molecule has 2 aromatic carbocycles. The quantitative estimate of drug-likeness (QED) is 0.202. The fraction of sp³-hybridized carbons (Fsp3) is 0.263. The van der Waals surface area contributed by atoms with Crippen LogP contribution in [-0.4, -0.2) is 59.6 Å². The SMILES string of the molecule is NC(=O)Nc1ccc(S(=O)(=O)NCCNC(=O)C(CO)NS(=O)(=O)Cc2ccccc2)cc1. The van der Waals surface area contributed by atoms with Crippen molar-refractivity contribution in [1.29, 1.82) is 0 Å². The molecule has 0 radical (unpaired) electrons. The molecular weight excluding hydrogens is 474 g/mol. The minimum Gasteiger partial charge on any atom is -0.394 e. The largest absolute Gasteiger partial charge is 0.394 e. The Morgan fingerprint density at radius 3 is 2.15 bits per heavy atom. The molecule has 0 aromatic heterocycles.